The van der Waals surface area contributed by atoms with E-state index in [0.717, 1.165) is 36.1 Å². The predicted octanol–water partition coefficient (Wildman–Crippen LogP) is 3.74. The Morgan fingerprint density at radius 1 is 1.12 bits per heavy atom. The molecule has 14 heteroatoms. The maximum atomic E-state index is 15.3. The van der Waals surface area contributed by atoms with Crippen molar-refractivity contribution in [2.75, 3.05) is 27.8 Å². The fraction of sp³-hybridized carbons (Fsp3) is 0.357. The van der Waals surface area contributed by atoms with Crippen LogP contribution in [0.2, 0.25) is 0 Å². The maximum Gasteiger partial charge on any atom is 0.453 e. The summed E-state index contributed by atoms with van der Waals surface area (Å²) in [5.41, 5.74) is 4.04. The van der Waals surface area contributed by atoms with Gasteiger partial charge in [0.25, 0.3) is 11.7 Å². The molecular weight excluding hydrogens is 558 g/mol. The molecule has 1 amide bonds. The van der Waals surface area contributed by atoms with E-state index in [9.17, 15) is 18.0 Å². The SMILES string of the molecule is COCc1nn(Cc2ccc3c(c2)CCN(C)C3)cc1C(=O)NCc1c(-n2cnc(C(F)(F)F)n2)ccc(OC)c1F. The first kappa shape index (κ1) is 29.2. The lowest BCUT2D eigenvalue weighted by Gasteiger charge is -2.25. The lowest BCUT2D eigenvalue weighted by molar-refractivity contribution is -0.144. The van der Waals surface area contributed by atoms with E-state index in [-0.39, 0.29) is 35.7 Å². The van der Waals surface area contributed by atoms with Crippen LogP contribution in [0.5, 0.6) is 5.75 Å². The average Bonchev–Trinajstić information content (AvgIpc) is 3.60. The Kier molecular flexibility index (Phi) is 8.27. The van der Waals surface area contributed by atoms with Crippen molar-refractivity contribution in [3.05, 3.63) is 88.0 Å². The summed E-state index contributed by atoms with van der Waals surface area (Å²) in [7, 11) is 4.82. The van der Waals surface area contributed by atoms with Crippen LogP contribution in [0.4, 0.5) is 17.6 Å². The smallest absolute Gasteiger partial charge is 0.453 e. The second kappa shape index (κ2) is 11.9. The minimum absolute atomic E-state index is 0.0389. The average molecular weight is 588 g/mol. The second-order valence-electron chi connectivity index (χ2n) is 9.98. The molecule has 0 aliphatic carbocycles. The molecule has 1 aliphatic heterocycles. The van der Waals surface area contributed by atoms with E-state index in [2.05, 4.69) is 44.6 Å². The highest BCUT2D eigenvalue weighted by Crippen LogP contribution is 2.29. The van der Waals surface area contributed by atoms with Crippen molar-refractivity contribution in [2.45, 2.75) is 38.8 Å². The summed E-state index contributed by atoms with van der Waals surface area (Å²) in [5, 5.41) is 10.6. The van der Waals surface area contributed by atoms with Crippen molar-refractivity contribution in [3.63, 3.8) is 0 Å². The first-order chi connectivity index (χ1) is 20.1. The molecule has 5 rings (SSSR count). The molecule has 4 aromatic rings. The number of likely N-dealkylation sites (N-methyl/N-ethyl adjacent to an activating group) is 1. The van der Waals surface area contributed by atoms with Crippen LogP contribution >= 0.6 is 0 Å². The van der Waals surface area contributed by atoms with Gasteiger partial charge in [-0.15, -0.1) is 5.10 Å². The lowest BCUT2D eigenvalue weighted by Crippen LogP contribution is -2.26. The minimum atomic E-state index is -4.78. The van der Waals surface area contributed by atoms with E-state index in [1.54, 1.807) is 10.9 Å². The summed E-state index contributed by atoms with van der Waals surface area (Å²) in [6.45, 7) is 1.99. The van der Waals surface area contributed by atoms with Gasteiger partial charge in [-0.3, -0.25) is 9.48 Å². The predicted molar refractivity (Wildman–Crippen MR) is 143 cm³/mol. The summed E-state index contributed by atoms with van der Waals surface area (Å²) in [5.74, 6) is -2.95. The van der Waals surface area contributed by atoms with Crippen LogP contribution in [-0.4, -0.2) is 63.2 Å². The first-order valence-electron chi connectivity index (χ1n) is 13.0. The number of rotatable bonds is 9. The van der Waals surface area contributed by atoms with E-state index in [0.29, 0.717) is 12.2 Å². The number of nitrogens with one attached hydrogen (secondary N) is 1. The van der Waals surface area contributed by atoms with Gasteiger partial charge in [-0.1, -0.05) is 18.2 Å². The standard InChI is InChI=1S/C28H29F4N7O3/c1-37-9-8-18-10-17(4-5-19(18)13-37)12-38-14-21(22(35-38)15-41-2)26(40)33-11-20-23(6-7-24(42-3)25(20)29)39-16-34-27(36-39)28(30,31)32/h4-7,10,14,16H,8-9,11-13,15H2,1-3H3,(H,33,40). The van der Waals surface area contributed by atoms with E-state index in [1.807, 2.05) is 6.07 Å². The van der Waals surface area contributed by atoms with Gasteiger partial charge in [0, 0.05) is 38.5 Å². The van der Waals surface area contributed by atoms with Crippen LogP contribution in [0.3, 0.4) is 0 Å². The molecule has 0 spiro atoms. The molecule has 2 aromatic carbocycles. The van der Waals surface area contributed by atoms with Crippen LogP contribution < -0.4 is 10.1 Å². The number of carbonyl (C=O) groups excluding carboxylic acids is 1. The summed E-state index contributed by atoms with van der Waals surface area (Å²) >= 11 is 0. The van der Waals surface area contributed by atoms with Gasteiger partial charge in [0.05, 0.1) is 31.5 Å². The molecule has 0 saturated heterocycles. The van der Waals surface area contributed by atoms with Crippen molar-refractivity contribution in [2.24, 2.45) is 0 Å². The topological polar surface area (TPSA) is 99.3 Å². The fourth-order valence-corrected chi connectivity index (χ4v) is 4.91. The number of amides is 1. The van der Waals surface area contributed by atoms with Gasteiger partial charge in [-0.2, -0.15) is 18.3 Å². The molecule has 42 heavy (non-hydrogen) atoms. The number of halogens is 4. The quantitative estimate of drug-likeness (QED) is 0.298. The number of nitrogens with zero attached hydrogens (tertiary/aromatic N) is 6. The third-order valence-electron chi connectivity index (χ3n) is 7.00. The normalized spacial score (nSPS) is 13.7. The molecule has 3 heterocycles. The van der Waals surface area contributed by atoms with Crippen LogP contribution in [-0.2, 0) is 43.6 Å². The Labute approximate surface area is 238 Å². The number of fused-ring (bicyclic) bond motifs is 1. The van der Waals surface area contributed by atoms with Crippen molar-refractivity contribution in [3.8, 4) is 11.4 Å². The third kappa shape index (κ3) is 6.14. The summed E-state index contributed by atoms with van der Waals surface area (Å²) in [6, 6.07) is 8.90. The van der Waals surface area contributed by atoms with E-state index < -0.39 is 23.7 Å². The Hall–Kier alpha value is -4.30. The molecule has 1 N–H and O–H groups in total. The minimum Gasteiger partial charge on any atom is -0.494 e. The summed E-state index contributed by atoms with van der Waals surface area (Å²) < 4.78 is 67.3. The van der Waals surface area contributed by atoms with Gasteiger partial charge in [0.2, 0.25) is 0 Å². The summed E-state index contributed by atoms with van der Waals surface area (Å²) in [4.78, 5) is 18.8. The monoisotopic (exact) mass is 587 g/mol. The Morgan fingerprint density at radius 2 is 1.93 bits per heavy atom. The van der Waals surface area contributed by atoms with Gasteiger partial charge in [-0.05, 0) is 42.3 Å². The van der Waals surface area contributed by atoms with E-state index in [1.165, 1.54) is 37.5 Å². The molecule has 0 radical (unpaired) electrons. The van der Waals surface area contributed by atoms with Gasteiger partial charge < -0.3 is 19.7 Å². The zero-order valence-electron chi connectivity index (χ0n) is 23.2. The highest BCUT2D eigenvalue weighted by molar-refractivity contribution is 5.95. The van der Waals surface area contributed by atoms with Crippen LogP contribution in [0.1, 0.15) is 44.1 Å². The second-order valence-corrected chi connectivity index (χ2v) is 9.98. The number of alkyl halides is 3. The first-order valence-corrected chi connectivity index (χ1v) is 13.0. The number of ether oxygens (including phenoxy) is 2. The molecule has 0 saturated carbocycles. The molecular formula is C28H29F4N7O3. The Balaban J connectivity index is 1.37. The Bertz CT molecular complexity index is 1600. The largest absolute Gasteiger partial charge is 0.494 e. The van der Waals surface area contributed by atoms with Gasteiger partial charge in [0.15, 0.2) is 11.6 Å². The number of hydrogen-bond donors (Lipinski definition) is 1. The molecule has 0 atom stereocenters. The van der Waals surface area contributed by atoms with E-state index >= 15 is 4.39 Å². The van der Waals surface area contributed by atoms with Crippen molar-refractivity contribution in [1.29, 1.82) is 0 Å². The molecule has 10 nitrogen and oxygen atoms in total. The third-order valence-corrected chi connectivity index (χ3v) is 7.00. The highest BCUT2D eigenvalue weighted by atomic mass is 19.4. The zero-order valence-corrected chi connectivity index (χ0v) is 23.2. The van der Waals surface area contributed by atoms with Gasteiger partial charge >= 0.3 is 6.18 Å². The molecule has 2 aromatic heterocycles. The van der Waals surface area contributed by atoms with Crippen LogP contribution in [0.25, 0.3) is 5.69 Å². The van der Waals surface area contributed by atoms with Gasteiger partial charge in [0.1, 0.15) is 12.0 Å². The Morgan fingerprint density at radius 3 is 2.64 bits per heavy atom. The molecule has 0 unspecified atom stereocenters. The van der Waals surface area contributed by atoms with Crippen LogP contribution in [0, 0.1) is 5.82 Å². The number of carbonyl (C=O) groups is 1. The van der Waals surface area contributed by atoms with Crippen molar-refractivity contribution < 1.29 is 31.8 Å². The highest BCUT2D eigenvalue weighted by Gasteiger charge is 2.36. The fourth-order valence-electron chi connectivity index (χ4n) is 4.91. The number of aromatic nitrogens is 5. The molecule has 0 fully saturated rings. The lowest BCUT2D eigenvalue weighted by atomic mass is 9.97. The summed E-state index contributed by atoms with van der Waals surface area (Å²) in [6.07, 6.45) is -1.41. The maximum absolute atomic E-state index is 15.3. The molecule has 1 aliphatic rings. The van der Waals surface area contributed by atoms with Gasteiger partial charge in [-0.25, -0.2) is 14.1 Å². The number of benzene rings is 2. The number of methoxy groups -OCH3 is 2. The molecule has 222 valence electrons. The van der Waals surface area contributed by atoms with Crippen molar-refractivity contribution in [1.82, 2.24) is 34.8 Å². The number of hydrogen-bond acceptors (Lipinski definition) is 7. The van der Waals surface area contributed by atoms with Crippen molar-refractivity contribution >= 4 is 5.91 Å². The van der Waals surface area contributed by atoms with Crippen LogP contribution in [0.15, 0.2) is 42.9 Å². The van der Waals surface area contributed by atoms with E-state index in [4.69, 9.17) is 9.47 Å². The molecule has 0 bridgehead atoms. The zero-order chi connectivity index (χ0) is 30.0.